The summed E-state index contributed by atoms with van der Waals surface area (Å²) in [5, 5.41) is 13.9. The van der Waals surface area contributed by atoms with E-state index in [9.17, 15) is 10.1 Å². The third-order valence-electron chi connectivity index (χ3n) is 2.25. The fourth-order valence-corrected chi connectivity index (χ4v) is 1.43. The van der Waals surface area contributed by atoms with E-state index in [0.717, 1.165) is 0 Å². The van der Waals surface area contributed by atoms with Crippen molar-refractivity contribution < 1.29 is 9.66 Å². The standard InChI is InChI=1S/C11H16N2O3/c1-9(8-16-2)12-7-10-5-3-4-6-11(10)13(14)15/h3-6,9,12H,7-8H2,1-2H3/t9-/m0/s1. The highest BCUT2D eigenvalue weighted by Gasteiger charge is 2.12. The van der Waals surface area contributed by atoms with Gasteiger partial charge in [-0.05, 0) is 6.92 Å². The monoisotopic (exact) mass is 224 g/mol. The fraction of sp³-hybridized carbons (Fsp3) is 0.455. The molecule has 5 heteroatoms. The average molecular weight is 224 g/mol. The highest BCUT2D eigenvalue weighted by molar-refractivity contribution is 5.39. The summed E-state index contributed by atoms with van der Waals surface area (Å²) in [6.45, 7) is 3.03. The Balaban J connectivity index is 2.63. The third-order valence-corrected chi connectivity index (χ3v) is 2.25. The third kappa shape index (κ3) is 3.60. The molecule has 0 aliphatic rings. The van der Waals surface area contributed by atoms with Crippen molar-refractivity contribution in [3.05, 3.63) is 39.9 Å². The van der Waals surface area contributed by atoms with Crippen molar-refractivity contribution in [2.75, 3.05) is 13.7 Å². The minimum absolute atomic E-state index is 0.152. The van der Waals surface area contributed by atoms with Crippen LogP contribution in [0, 0.1) is 10.1 Å². The molecule has 88 valence electrons. The van der Waals surface area contributed by atoms with Crippen LogP contribution in [0.15, 0.2) is 24.3 Å². The highest BCUT2D eigenvalue weighted by Crippen LogP contribution is 2.17. The lowest BCUT2D eigenvalue weighted by molar-refractivity contribution is -0.385. The molecule has 0 spiro atoms. The van der Waals surface area contributed by atoms with Gasteiger partial charge in [0.25, 0.3) is 5.69 Å². The molecule has 0 saturated carbocycles. The zero-order valence-electron chi connectivity index (χ0n) is 9.47. The summed E-state index contributed by atoms with van der Waals surface area (Å²) in [7, 11) is 1.63. The molecule has 1 rings (SSSR count). The fourth-order valence-electron chi connectivity index (χ4n) is 1.43. The number of hydrogen-bond donors (Lipinski definition) is 1. The van der Waals surface area contributed by atoms with E-state index in [1.54, 1.807) is 25.3 Å². The Morgan fingerprint density at radius 2 is 2.19 bits per heavy atom. The molecule has 0 unspecified atom stereocenters. The van der Waals surface area contributed by atoms with Gasteiger partial charge in [0.05, 0.1) is 11.5 Å². The zero-order valence-corrected chi connectivity index (χ0v) is 9.47. The lowest BCUT2D eigenvalue weighted by atomic mass is 10.1. The molecule has 0 aromatic heterocycles. The minimum Gasteiger partial charge on any atom is -0.383 e. The van der Waals surface area contributed by atoms with Crippen LogP contribution in [0.1, 0.15) is 12.5 Å². The number of ether oxygens (including phenoxy) is 1. The molecule has 0 amide bonds. The number of nitro benzene ring substituents is 1. The highest BCUT2D eigenvalue weighted by atomic mass is 16.6. The van der Waals surface area contributed by atoms with Gasteiger partial charge < -0.3 is 10.1 Å². The number of methoxy groups -OCH3 is 1. The van der Waals surface area contributed by atoms with Crippen molar-refractivity contribution in [1.29, 1.82) is 0 Å². The first-order valence-corrected chi connectivity index (χ1v) is 5.09. The number of nitrogens with zero attached hydrogens (tertiary/aromatic N) is 1. The minimum atomic E-state index is -0.363. The van der Waals surface area contributed by atoms with Crippen LogP contribution in [0.2, 0.25) is 0 Å². The molecule has 0 radical (unpaired) electrons. The molecule has 16 heavy (non-hydrogen) atoms. The number of para-hydroxylation sites is 1. The van der Waals surface area contributed by atoms with Crippen LogP contribution in [0.5, 0.6) is 0 Å². The molecule has 1 atom stereocenters. The van der Waals surface area contributed by atoms with E-state index >= 15 is 0 Å². The van der Waals surface area contributed by atoms with Crippen LogP contribution >= 0.6 is 0 Å². The number of nitrogens with one attached hydrogen (secondary N) is 1. The van der Waals surface area contributed by atoms with E-state index in [-0.39, 0.29) is 16.7 Å². The van der Waals surface area contributed by atoms with Gasteiger partial charge in [-0.15, -0.1) is 0 Å². The molecule has 1 aromatic carbocycles. The van der Waals surface area contributed by atoms with Gasteiger partial charge in [0.15, 0.2) is 0 Å². The topological polar surface area (TPSA) is 64.4 Å². The second kappa shape index (κ2) is 6.19. The van der Waals surface area contributed by atoms with E-state index in [0.29, 0.717) is 18.7 Å². The largest absolute Gasteiger partial charge is 0.383 e. The van der Waals surface area contributed by atoms with E-state index in [1.807, 2.05) is 6.92 Å². The first kappa shape index (κ1) is 12.6. The van der Waals surface area contributed by atoms with Crippen molar-refractivity contribution in [3.8, 4) is 0 Å². The van der Waals surface area contributed by atoms with Crippen LogP contribution in [0.3, 0.4) is 0 Å². The predicted octanol–water partition coefficient (Wildman–Crippen LogP) is 1.72. The lowest BCUT2D eigenvalue weighted by Gasteiger charge is -2.12. The Labute approximate surface area is 94.6 Å². The van der Waals surface area contributed by atoms with Crippen LogP contribution in [-0.2, 0) is 11.3 Å². The average Bonchev–Trinajstić information content (AvgIpc) is 2.27. The predicted molar refractivity (Wildman–Crippen MR) is 61.3 cm³/mol. The number of nitro groups is 1. The summed E-state index contributed by atoms with van der Waals surface area (Å²) in [5.74, 6) is 0. The molecule has 1 N–H and O–H groups in total. The van der Waals surface area contributed by atoms with Gasteiger partial charge in [-0.1, -0.05) is 18.2 Å². The van der Waals surface area contributed by atoms with E-state index in [1.165, 1.54) is 6.07 Å². The maximum Gasteiger partial charge on any atom is 0.273 e. The smallest absolute Gasteiger partial charge is 0.273 e. The lowest BCUT2D eigenvalue weighted by Crippen LogP contribution is -2.29. The Morgan fingerprint density at radius 1 is 1.50 bits per heavy atom. The Kier molecular flexibility index (Phi) is 4.88. The van der Waals surface area contributed by atoms with Crippen LogP contribution in [0.25, 0.3) is 0 Å². The van der Waals surface area contributed by atoms with Crippen molar-refractivity contribution in [1.82, 2.24) is 5.32 Å². The first-order chi connectivity index (χ1) is 7.65. The van der Waals surface area contributed by atoms with Gasteiger partial charge in [-0.2, -0.15) is 0 Å². The van der Waals surface area contributed by atoms with Gasteiger partial charge in [0.2, 0.25) is 0 Å². The van der Waals surface area contributed by atoms with Gasteiger partial charge in [-0.25, -0.2) is 0 Å². The van der Waals surface area contributed by atoms with Gasteiger partial charge >= 0.3 is 0 Å². The summed E-state index contributed by atoms with van der Waals surface area (Å²) in [6.07, 6.45) is 0. The summed E-state index contributed by atoms with van der Waals surface area (Å²) in [4.78, 5) is 10.4. The van der Waals surface area contributed by atoms with Crippen LogP contribution in [-0.4, -0.2) is 24.7 Å². The van der Waals surface area contributed by atoms with Crippen molar-refractivity contribution in [3.63, 3.8) is 0 Å². The Morgan fingerprint density at radius 3 is 2.81 bits per heavy atom. The van der Waals surface area contributed by atoms with Crippen molar-refractivity contribution >= 4 is 5.69 Å². The summed E-state index contributed by atoms with van der Waals surface area (Å²) in [5.41, 5.74) is 0.843. The molecular formula is C11H16N2O3. The molecule has 0 fully saturated rings. The second-order valence-corrected chi connectivity index (χ2v) is 3.62. The molecule has 1 aromatic rings. The molecule has 5 nitrogen and oxygen atoms in total. The molecule has 0 saturated heterocycles. The molecular weight excluding hydrogens is 208 g/mol. The quantitative estimate of drug-likeness (QED) is 0.590. The number of hydrogen-bond acceptors (Lipinski definition) is 4. The van der Waals surface area contributed by atoms with E-state index in [4.69, 9.17) is 4.74 Å². The van der Waals surface area contributed by atoms with Crippen molar-refractivity contribution in [2.24, 2.45) is 0 Å². The maximum atomic E-state index is 10.7. The van der Waals surface area contributed by atoms with E-state index in [2.05, 4.69) is 5.32 Å². The number of benzene rings is 1. The van der Waals surface area contributed by atoms with Crippen LogP contribution in [0.4, 0.5) is 5.69 Å². The molecule has 0 aliphatic heterocycles. The Bertz CT molecular complexity index is 355. The molecule has 0 heterocycles. The first-order valence-electron chi connectivity index (χ1n) is 5.09. The SMILES string of the molecule is COC[C@H](C)NCc1ccccc1[N+](=O)[O-]. The van der Waals surface area contributed by atoms with E-state index < -0.39 is 0 Å². The molecule has 0 bridgehead atoms. The van der Waals surface area contributed by atoms with Gasteiger partial charge in [0.1, 0.15) is 0 Å². The number of rotatable bonds is 6. The summed E-state index contributed by atoms with van der Waals surface area (Å²) >= 11 is 0. The van der Waals surface area contributed by atoms with Gasteiger partial charge in [0, 0.05) is 31.3 Å². The zero-order chi connectivity index (χ0) is 12.0. The second-order valence-electron chi connectivity index (χ2n) is 3.62. The summed E-state index contributed by atoms with van der Waals surface area (Å²) in [6, 6.07) is 6.90. The van der Waals surface area contributed by atoms with Crippen LogP contribution < -0.4 is 5.32 Å². The Hall–Kier alpha value is -1.46. The van der Waals surface area contributed by atoms with Gasteiger partial charge in [-0.3, -0.25) is 10.1 Å². The maximum absolute atomic E-state index is 10.7. The summed E-state index contributed by atoms with van der Waals surface area (Å²) < 4.78 is 4.97. The molecule has 0 aliphatic carbocycles. The van der Waals surface area contributed by atoms with Crippen molar-refractivity contribution in [2.45, 2.75) is 19.5 Å². The normalized spacial score (nSPS) is 12.4.